The molecule has 0 radical (unpaired) electrons. The number of hydrogen-bond donors (Lipinski definition) is 0. The van der Waals surface area contributed by atoms with Gasteiger partial charge in [0.05, 0.1) is 0 Å². The van der Waals surface area contributed by atoms with E-state index < -0.39 is 0 Å². The van der Waals surface area contributed by atoms with Crippen molar-refractivity contribution in [3.05, 3.63) is 0 Å². The smallest absolute Gasteiger partial charge is 0.142 e. The van der Waals surface area contributed by atoms with E-state index in [0.29, 0.717) is 7.92 Å². The third-order valence-electron chi connectivity index (χ3n) is 5.92. The molecule has 114 valence electrons. The van der Waals surface area contributed by atoms with E-state index in [1.165, 1.54) is 57.9 Å². The minimum atomic E-state index is 0.308. The van der Waals surface area contributed by atoms with Crippen molar-refractivity contribution in [3.63, 3.8) is 0 Å². The minimum Gasteiger partial charge on any atom is -0.242 e. The van der Waals surface area contributed by atoms with Crippen LogP contribution in [0.1, 0.15) is 77.0 Å². The average Bonchev–Trinajstić information content (AvgIpc) is 2.52. The Morgan fingerprint density at radius 1 is 0.750 bits per heavy atom. The molecule has 0 bridgehead atoms. The summed E-state index contributed by atoms with van der Waals surface area (Å²) in [6.45, 7) is 1.32. The highest BCUT2D eigenvalue weighted by Gasteiger charge is 2.37. The summed E-state index contributed by atoms with van der Waals surface area (Å²) in [5.74, 6) is 0. The van der Waals surface area contributed by atoms with Crippen LogP contribution >= 0.6 is 7.92 Å². The fraction of sp³-hybridized carbons (Fsp3) is 0.944. The second-order valence-electron chi connectivity index (χ2n) is 7.37. The van der Waals surface area contributed by atoms with Gasteiger partial charge >= 0.3 is 0 Å². The van der Waals surface area contributed by atoms with E-state index in [0.717, 1.165) is 17.0 Å². The second kappa shape index (κ2) is 7.39. The van der Waals surface area contributed by atoms with Crippen molar-refractivity contribution >= 4 is 14.1 Å². The van der Waals surface area contributed by atoms with Crippen LogP contribution in [-0.2, 0) is 0 Å². The molecule has 1 aliphatic heterocycles. The molecular formula is C18H33NP+. The van der Waals surface area contributed by atoms with Gasteiger partial charge in [-0.05, 0) is 42.7 Å². The maximum absolute atomic E-state index is 2.51. The SMILES string of the molecule is C[N+]1=CCC(P(C2CCCCC2)C2CCCCC2)CC1. The van der Waals surface area contributed by atoms with Crippen LogP contribution in [-0.4, -0.2) is 41.4 Å². The van der Waals surface area contributed by atoms with Gasteiger partial charge in [-0.3, -0.25) is 0 Å². The van der Waals surface area contributed by atoms with Crippen molar-refractivity contribution in [2.45, 2.75) is 94.0 Å². The molecule has 3 rings (SSSR count). The van der Waals surface area contributed by atoms with Gasteiger partial charge in [0.25, 0.3) is 0 Å². The van der Waals surface area contributed by atoms with E-state index >= 15 is 0 Å². The summed E-state index contributed by atoms with van der Waals surface area (Å²) in [4.78, 5) is 0. The van der Waals surface area contributed by atoms with Crippen molar-refractivity contribution < 1.29 is 4.58 Å². The van der Waals surface area contributed by atoms with Crippen LogP contribution < -0.4 is 0 Å². The molecule has 1 heterocycles. The second-order valence-corrected chi connectivity index (χ2v) is 10.5. The Labute approximate surface area is 127 Å². The molecule has 2 saturated carbocycles. The topological polar surface area (TPSA) is 3.01 Å². The zero-order valence-corrected chi connectivity index (χ0v) is 14.3. The molecular weight excluding hydrogens is 261 g/mol. The number of nitrogens with zero attached hydrogens (tertiary/aromatic N) is 1. The molecule has 2 aliphatic carbocycles. The third kappa shape index (κ3) is 3.65. The molecule has 0 N–H and O–H groups in total. The maximum Gasteiger partial charge on any atom is 0.142 e. The van der Waals surface area contributed by atoms with Gasteiger partial charge in [-0.25, -0.2) is 4.58 Å². The van der Waals surface area contributed by atoms with Crippen molar-refractivity contribution in [2.24, 2.45) is 0 Å². The van der Waals surface area contributed by atoms with Gasteiger partial charge in [-0.2, -0.15) is 0 Å². The predicted octanol–water partition coefficient (Wildman–Crippen LogP) is 5.01. The fourth-order valence-electron chi connectivity index (χ4n) is 4.79. The van der Waals surface area contributed by atoms with Crippen molar-refractivity contribution in [1.82, 2.24) is 0 Å². The van der Waals surface area contributed by atoms with E-state index in [-0.39, 0.29) is 0 Å². The van der Waals surface area contributed by atoms with Gasteiger partial charge in [0.2, 0.25) is 0 Å². The van der Waals surface area contributed by atoms with Gasteiger partial charge < -0.3 is 0 Å². The molecule has 2 fully saturated rings. The monoisotopic (exact) mass is 294 g/mol. The summed E-state index contributed by atoms with van der Waals surface area (Å²) in [7, 11) is 2.57. The Hall–Kier alpha value is 0.100. The summed E-state index contributed by atoms with van der Waals surface area (Å²) in [5.41, 5.74) is 3.36. The van der Waals surface area contributed by atoms with E-state index in [9.17, 15) is 0 Å². The average molecular weight is 294 g/mol. The zero-order valence-electron chi connectivity index (χ0n) is 13.4. The first-order chi connectivity index (χ1) is 9.84. The van der Waals surface area contributed by atoms with Crippen LogP contribution in [0.4, 0.5) is 0 Å². The highest BCUT2D eigenvalue weighted by atomic mass is 31.1. The number of hydrogen-bond acceptors (Lipinski definition) is 0. The largest absolute Gasteiger partial charge is 0.242 e. The van der Waals surface area contributed by atoms with Gasteiger partial charge in [-0.1, -0.05) is 46.4 Å². The quantitative estimate of drug-likeness (QED) is 0.508. The van der Waals surface area contributed by atoms with Gasteiger partial charge in [0.15, 0.2) is 0 Å². The van der Waals surface area contributed by atoms with Crippen LogP contribution in [0.2, 0.25) is 0 Å². The molecule has 0 saturated heterocycles. The molecule has 1 atom stereocenters. The molecule has 1 unspecified atom stereocenters. The lowest BCUT2D eigenvalue weighted by Crippen LogP contribution is -2.31. The van der Waals surface area contributed by atoms with Gasteiger partial charge in [0.1, 0.15) is 19.8 Å². The van der Waals surface area contributed by atoms with Crippen LogP contribution in [0, 0.1) is 0 Å². The Bertz CT molecular complexity index is 308. The van der Waals surface area contributed by atoms with E-state index in [1.54, 1.807) is 25.7 Å². The molecule has 0 amide bonds. The van der Waals surface area contributed by atoms with Crippen LogP contribution in [0.15, 0.2) is 0 Å². The molecule has 3 aliphatic rings. The standard InChI is InChI=1S/C18H33NP/c1-19-14-12-18(13-15-19)20(16-8-4-2-5-9-16)17-10-6-3-7-11-17/h14,16-18H,2-13,15H2,1H3/q+1. The van der Waals surface area contributed by atoms with Crippen molar-refractivity contribution in [1.29, 1.82) is 0 Å². The molecule has 1 nitrogen and oxygen atoms in total. The Morgan fingerprint density at radius 3 is 1.75 bits per heavy atom. The Kier molecular flexibility index (Phi) is 5.55. The molecule has 0 aromatic carbocycles. The summed E-state index contributed by atoms with van der Waals surface area (Å²) in [6, 6.07) is 0. The Morgan fingerprint density at radius 2 is 1.30 bits per heavy atom. The van der Waals surface area contributed by atoms with E-state index in [2.05, 4.69) is 17.8 Å². The molecule has 20 heavy (non-hydrogen) atoms. The highest BCUT2D eigenvalue weighted by molar-refractivity contribution is 7.60. The van der Waals surface area contributed by atoms with Crippen molar-refractivity contribution in [2.75, 3.05) is 13.6 Å². The molecule has 2 heteroatoms. The van der Waals surface area contributed by atoms with Crippen LogP contribution in [0.3, 0.4) is 0 Å². The highest BCUT2D eigenvalue weighted by Crippen LogP contribution is 2.60. The molecule has 0 spiro atoms. The third-order valence-corrected chi connectivity index (χ3v) is 9.95. The van der Waals surface area contributed by atoms with Crippen LogP contribution in [0.25, 0.3) is 0 Å². The maximum atomic E-state index is 2.51. The first kappa shape index (κ1) is 15.0. The Balaban J connectivity index is 1.71. The van der Waals surface area contributed by atoms with Crippen LogP contribution in [0.5, 0.6) is 0 Å². The minimum absolute atomic E-state index is 0.308. The normalized spacial score (nSPS) is 30.5. The summed E-state index contributed by atoms with van der Waals surface area (Å²) < 4.78 is 2.44. The first-order valence-corrected chi connectivity index (χ1v) is 10.7. The predicted molar refractivity (Wildman–Crippen MR) is 90.8 cm³/mol. The first-order valence-electron chi connectivity index (χ1n) is 9.15. The lowest BCUT2D eigenvalue weighted by atomic mass is 9.99. The van der Waals surface area contributed by atoms with Gasteiger partial charge in [-0.15, -0.1) is 0 Å². The summed E-state index contributed by atoms with van der Waals surface area (Å²) >= 11 is 0. The van der Waals surface area contributed by atoms with Crippen molar-refractivity contribution in [3.8, 4) is 0 Å². The van der Waals surface area contributed by atoms with Gasteiger partial charge in [0, 0.05) is 12.8 Å². The summed E-state index contributed by atoms with van der Waals surface area (Å²) in [5, 5.41) is 0. The van der Waals surface area contributed by atoms with E-state index in [4.69, 9.17) is 0 Å². The molecule has 0 aromatic heterocycles. The zero-order chi connectivity index (χ0) is 13.8. The van der Waals surface area contributed by atoms with E-state index in [1.807, 2.05) is 0 Å². The molecule has 0 aromatic rings. The summed E-state index contributed by atoms with van der Waals surface area (Å²) in [6.07, 6.45) is 20.9. The lowest BCUT2D eigenvalue weighted by molar-refractivity contribution is -0.497. The number of rotatable bonds is 3. The fourth-order valence-corrected chi connectivity index (χ4v) is 9.25. The lowest BCUT2D eigenvalue weighted by Gasteiger charge is -2.43.